The summed E-state index contributed by atoms with van der Waals surface area (Å²) in [5, 5.41) is 19.9. The average molecular weight is 211 g/mol. The molecule has 1 N–H and O–H groups in total. The van der Waals surface area contributed by atoms with E-state index in [9.17, 15) is 20.0 Å². The second kappa shape index (κ2) is 3.95. The topological polar surface area (TPSA) is 89.7 Å². The number of carbonyl (C=O) groups is 1. The number of benzene rings is 1. The van der Waals surface area contributed by atoms with Crippen LogP contribution in [0.25, 0.3) is 0 Å². The third kappa shape index (κ3) is 1.88. The highest BCUT2D eigenvalue weighted by Gasteiger charge is 2.26. The van der Waals surface area contributed by atoms with Crippen LogP contribution in [0, 0.1) is 10.1 Å². The minimum absolute atomic E-state index is 0.0759. The smallest absolute Gasteiger partial charge is 0.325 e. The van der Waals surface area contributed by atoms with Crippen LogP contribution in [0.2, 0.25) is 0 Å². The van der Waals surface area contributed by atoms with E-state index in [2.05, 4.69) is 0 Å². The van der Waals surface area contributed by atoms with Crippen molar-refractivity contribution in [3.8, 4) is 11.5 Å². The van der Waals surface area contributed by atoms with Crippen LogP contribution < -0.4 is 4.74 Å². The summed E-state index contributed by atoms with van der Waals surface area (Å²) in [4.78, 5) is 21.0. The number of carbonyl (C=O) groups excluding carboxylic acids is 1. The molecule has 6 heteroatoms. The zero-order valence-corrected chi connectivity index (χ0v) is 8.18. The molecule has 0 fully saturated rings. The molecule has 0 aromatic heterocycles. The number of hydrogen-bond donors (Lipinski definition) is 1. The van der Waals surface area contributed by atoms with Crippen molar-refractivity contribution in [3.63, 3.8) is 0 Å². The fourth-order valence-electron chi connectivity index (χ4n) is 1.26. The molecule has 1 rings (SSSR count). The van der Waals surface area contributed by atoms with Gasteiger partial charge in [0.25, 0.3) is 0 Å². The van der Waals surface area contributed by atoms with E-state index in [0.29, 0.717) is 0 Å². The van der Waals surface area contributed by atoms with Crippen LogP contribution in [0.15, 0.2) is 12.1 Å². The third-order valence-electron chi connectivity index (χ3n) is 1.87. The number of phenols is 1. The Hall–Kier alpha value is -2.11. The highest BCUT2D eigenvalue weighted by Crippen LogP contribution is 2.36. The SMILES string of the molecule is COc1ccc(O)c([N+](=O)[O-])c1C(C)=O. The van der Waals surface area contributed by atoms with Crippen LogP contribution in [0.4, 0.5) is 5.69 Å². The lowest BCUT2D eigenvalue weighted by Crippen LogP contribution is -2.03. The van der Waals surface area contributed by atoms with Crippen LogP contribution in [0.5, 0.6) is 11.5 Å². The Kier molecular flexibility index (Phi) is 2.89. The molecule has 0 aliphatic heterocycles. The Bertz CT molecular complexity index is 427. The maximum absolute atomic E-state index is 11.2. The molecule has 0 aliphatic carbocycles. The normalized spacial score (nSPS) is 9.73. The molecule has 0 unspecified atom stereocenters. The quantitative estimate of drug-likeness (QED) is 0.465. The number of methoxy groups -OCH3 is 1. The number of ketones is 1. The molecule has 15 heavy (non-hydrogen) atoms. The molecule has 0 atom stereocenters. The minimum Gasteiger partial charge on any atom is -0.502 e. The molecule has 0 spiro atoms. The maximum Gasteiger partial charge on any atom is 0.325 e. The van der Waals surface area contributed by atoms with Gasteiger partial charge in [0.1, 0.15) is 11.3 Å². The second-order valence-electron chi connectivity index (χ2n) is 2.82. The molecule has 0 saturated carbocycles. The summed E-state index contributed by atoms with van der Waals surface area (Å²) in [6.45, 7) is 1.17. The molecule has 1 aromatic carbocycles. The van der Waals surface area contributed by atoms with Crippen LogP contribution >= 0.6 is 0 Å². The van der Waals surface area contributed by atoms with Gasteiger partial charge in [-0.2, -0.15) is 0 Å². The molecule has 0 aliphatic rings. The highest BCUT2D eigenvalue weighted by atomic mass is 16.6. The van der Waals surface area contributed by atoms with E-state index in [1.807, 2.05) is 0 Å². The Morgan fingerprint density at radius 2 is 2.13 bits per heavy atom. The number of nitro benzene ring substituents is 1. The number of nitro groups is 1. The number of Topliss-reactive ketones (excluding diaryl/α,β-unsaturated/α-hetero) is 1. The van der Waals surface area contributed by atoms with Crippen molar-refractivity contribution in [3.05, 3.63) is 27.8 Å². The van der Waals surface area contributed by atoms with Gasteiger partial charge in [0.05, 0.1) is 12.0 Å². The first kappa shape index (κ1) is 11.0. The van der Waals surface area contributed by atoms with Gasteiger partial charge in [-0.15, -0.1) is 0 Å². The van der Waals surface area contributed by atoms with E-state index in [1.54, 1.807) is 0 Å². The van der Waals surface area contributed by atoms with E-state index in [0.717, 1.165) is 6.07 Å². The van der Waals surface area contributed by atoms with E-state index in [4.69, 9.17) is 4.74 Å². The first-order valence-electron chi connectivity index (χ1n) is 4.04. The largest absolute Gasteiger partial charge is 0.502 e. The van der Waals surface area contributed by atoms with E-state index in [1.165, 1.54) is 20.1 Å². The van der Waals surface area contributed by atoms with Crippen LogP contribution in [0.1, 0.15) is 17.3 Å². The second-order valence-corrected chi connectivity index (χ2v) is 2.82. The van der Waals surface area contributed by atoms with Gasteiger partial charge in [0, 0.05) is 0 Å². The average Bonchev–Trinajstić information content (AvgIpc) is 2.16. The monoisotopic (exact) mass is 211 g/mol. The van der Waals surface area contributed by atoms with Crippen molar-refractivity contribution in [2.24, 2.45) is 0 Å². The van der Waals surface area contributed by atoms with Crippen molar-refractivity contribution < 1.29 is 19.6 Å². The standard InChI is InChI=1S/C9H9NO5/c1-5(11)8-7(15-2)4-3-6(12)9(8)10(13)14/h3-4,12H,1-2H3. The molecule has 1 aromatic rings. The number of rotatable bonds is 3. The zero-order chi connectivity index (χ0) is 11.6. The Morgan fingerprint density at radius 3 is 2.53 bits per heavy atom. The summed E-state index contributed by atoms with van der Waals surface area (Å²) >= 11 is 0. The number of hydrogen-bond acceptors (Lipinski definition) is 5. The summed E-state index contributed by atoms with van der Waals surface area (Å²) in [5.74, 6) is -1.01. The summed E-state index contributed by atoms with van der Waals surface area (Å²) in [6, 6.07) is 2.42. The molecular formula is C9H9NO5. The van der Waals surface area contributed by atoms with Crippen molar-refractivity contribution >= 4 is 11.5 Å². The minimum atomic E-state index is -0.811. The third-order valence-corrected chi connectivity index (χ3v) is 1.87. The van der Waals surface area contributed by atoms with Gasteiger partial charge in [0.2, 0.25) is 0 Å². The van der Waals surface area contributed by atoms with E-state index < -0.39 is 22.1 Å². The van der Waals surface area contributed by atoms with Crippen LogP contribution in [-0.2, 0) is 0 Å². The predicted molar refractivity (Wildman–Crippen MR) is 51.3 cm³/mol. The zero-order valence-electron chi connectivity index (χ0n) is 8.18. The predicted octanol–water partition coefficient (Wildman–Crippen LogP) is 1.51. The summed E-state index contributed by atoms with van der Waals surface area (Å²) in [6.07, 6.45) is 0. The van der Waals surface area contributed by atoms with Crippen molar-refractivity contribution in [1.82, 2.24) is 0 Å². The van der Waals surface area contributed by atoms with Gasteiger partial charge >= 0.3 is 5.69 Å². The number of phenolic OH excluding ortho intramolecular Hbond substituents is 1. The van der Waals surface area contributed by atoms with Gasteiger partial charge in [-0.25, -0.2) is 0 Å². The molecule has 0 radical (unpaired) electrons. The van der Waals surface area contributed by atoms with E-state index in [-0.39, 0.29) is 11.3 Å². The van der Waals surface area contributed by atoms with Gasteiger partial charge < -0.3 is 9.84 Å². The van der Waals surface area contributed by atoms with Crippen LogP contribution in [-0.4, -0.2) is 22.9 Å². The number of nitrogens with zero attached hydrogens (tertiary/aromatic N) is 1. The first-order chi connectivity index (χ1) is 6.99. The molecule has 0 amide bonds. The van der Waals surface area contributed by atoms with Gasteiger partial charge in [-0.3, -0.25) is 14.9 Å². The highest BCUT2D eigenvalue weighted by molar-refractivity contribution is 6.01. The summed E-state index contributed by atoms with van der Waals surface area (Å²) in [7, 11) is 1.29. The maximum atomic E-state index is 11.2. The van der Waals surface area contributed by atoms with Crippen molar-refractivity contribution in [1.29, 1.82) is 0 Å². The Balaban J connectivity index is 3.58. The molecule has 0 saturated heterocycles. The number of aromatic hydroxyl groups is 1. The van der Waals surface area contributed by atoms with Gasteiger partial charge in [0.15, 0.2) is 11.5 Å². The number of ether oxygens (including phenoxy) is 1. The summed E-state index contributed by atoms with van der Waals surface area (Å²) in [5.41, 5.74) is -0.843. The molecule has 0 heterocycles. The van der Waals surface area contributed by atoms with Gasteiger partial charge in [-0.05, 0) is 19.1 Å². The molecular weight excluding hydrogens is 202 g/mol. The molecule has 6 nitrogen and oxygen atoms in total. The lowest BCUT2D eigenvalue weighted by molar-refractivity contribution is -0.386. The van der Waals surface area contributed by atoms with Crippen molar-refractivity contribution in [2.75, 3.05) is 7.11 Å². The van der Waals surface area contributed by atoms with E-state index >= 15 is 0 Å². The fourth-order valence-corrected chi connectivity index (χ4v) is 1.26. The van der Waals surface area contributed by atoms with Crippen LogP contribution in [0.3, 0.4) is 0 Å². The first-order valence-corrected chi connectivity index (χ1v) is 4.04. The Labute approximate surface area is 85.2 Å². The lowest BCUT2D eigenvalue weighted by atomic mass is 10.1. The van der Waals surface area contributed by atoms with Crippen molar-refractivity contribution in [2.45, 2.75) is 6.92 Å². The van der Waals surface area contributed by atoms with Gasteiger partial charge in [-0.1, -0.05) is 0 Å². The fraction of sp³-hybridized carbons (Fsp3) is 0.222. The summed E-state index contributed by atoms with van der Waals surface area (Å²) < 4.78 is 4.82. The molecule has 80 valence electrons. The Morgan fingerprint density at radius 1 is 1.53 bits per heavy atom. The lowest BCUT2D eigenvalue weighted by Gasteiger charge is -2.06. The molecule has 0 bridgehead atoms.